The van der Waals surface area contributed by atoms with E-state index in [0.717, 1.165) is 11.8 Å². The van der Waals surface area contributed by atoms with Gasteiger partial charge in [0.2, 0.25) is 0 Å². The molecule has 0 aromatic rings. The maximum Gasteiger partial charge on any atom is 0.00871 e. The van der Waals surface area contributed by atoms with Crippen molar-refractivity contribution < 1.29 is 0 Å². The van der Waals surface area contributed by atoms with Crippen LogP contribution >= 0.6 is 0 Å². The quantitative estimate of drug-likeness (QED) is 0.647. The molecule has 2 atom stereocenters. The summed E-state index contributed by atoms with van der Waals surface area (Å²) in [6.45, 7) is 9.19. The number of hydrogen-bond donors (Lipinski definition) is 1. The van der Waals surface area contributed by atoms with Crippen LogP contribution < -0.4 is 5.32 Å². The van der Waals surface area contributed by atoms with Crippen LogP contribution in [0, 0.1) is 11.8 Å². The summed E-state index contributed by atoms with van der Waals surface area (Å²) < 4.78 is 0. The molecule has 0 saturated heterocycles. The Kier molecular flexibility index (Phi) is 6.45. The maximum absolute atomic E-state index is 3.38. The second-order valence-electron chi connectivity index (χ2n) is 4.23. The van der Waals surface area contributed by atoms with Crippen LogP contribution in [0.2, 0.25) is 0 Å². The van der Waals surface area contributed by atoms with Gasteiger partial charge in [-0.2, -0.15) is 0 Å². The van der Waals surface area contributed by atoms with Gasteiger partial charge >= 0.3 is 0 Å². The van der Waals surface area contributed by atoms with Gasteiger partial charge in [0, 0.05) is 6.04 Å². The molecule has 0 aromatic carbocycles. The molecular formula is C11H25N. The summed E-state index contributed by atoms with van der Waals surface area (Å²) in [6.07, 6.45) is 4.00. The van der Waals surface area contributed by atoms with Crippen LogP contribution in [0.1, 0.15) is 47.0 Å². The predicted molar refractivity (Wildman–Crippen MR) is 56.4 cm³/mol. The summed E-state index contributed by atoms with van der Waals surface area (Å²) in [5.74, 6) is 1.65. The van der Waals surface area contributed by atoms with Crippen molar-refractivity contribution in [2.45, 2.75) is 53.0 Å². The van der Waals surface area contributed by atoms with Gasteiger partial charge in [0.25, 0.3) is 0 Å². The Morgan fingerprint density at radius 1 is 1.08 bits per heavy atom. The fourth-order valence-corrected chi connectivity index (χ4v) is 1.48. The lowest BCUT2D eigenvalue weighted by Crippen LogP contribution is -2.30. The monoisotopic (exact) mass is 171 g/mol. The SMILES string of the molecule is CCC(C)CCC(NC)C(C)C. The lowest BCUT2D eigenvalue weighted by Gasteiger charge is -2.21. The van der Waals surface area contributed by atoms with Crippen LogP contribution in [0.25, 0.3) is 0 Å². The molecule has 74 valence electrons. The van der Waals surface area contributed by atoms with Gasteiger partial charge in [-0.1, -0.05) is 34.1 Å². The van der Waals surface area contributed by atoms with Gasteiger partial charge in [-0.05, 0) is 31.7 Å². The van der Waals surface area contributed by atoms with Crippen molar-refractivity contribution in [3.05, 3.63) is 0 Å². The van der Waals surface area contributed by atoms with Crippen LogP contribution in [-0.2, 0) is 0 Å². The van der Waals surface area contributed by atoms with E-state index < -0.39 is 0 Å². The molecule has 0 rings (SSSR count). The minimum Gasteiger partial charge on any atom is -0.317 e. The largest absolute Gasteiger partial charge is 0.317 e. The average Bonchev–Trinajstić information content (AvgIpc) is 2.04. The Morgan fingerprint density at radius 2 is 1.67 bits per heavy atom. The third-order valence-electron chi connectivity index (χ3n) is 2.84. The molecule has 12 heavy (non-hydrogen) atoms. The van der Waals surface area contributed by atoms with E-state index in [1.54, 1.807) is 0 Å². The molecule has 0 saturated carbocycles. The van der Waals surface area contributed by atoms with Gasteiger partial charge < -0.3 is 5.32 Å². The molecule has 1 nitrogen and oxygen atoms in total. The van der Waals surface area contributed by atoms with Gasteiger partial charge in [0.1, 0.15) is 0 Å². The highest BCUT2D eigenvalue weighted by atomic mass is 14.9. The highest BCUT2D eigenvalue weighted by Crippen LogP contribution is 2.15. The maximum atomic E-state index is 3.38. The molecule has 0 radical (unpaired) electrons. The zero-order valence-electron chi connectivity index (χ0n) is 9.35. The van der Waals surface area contributed by atoms with E-state index in [1.807, 2.05) is 0 Å². The van der Waals surface area contributed by atoms with Gasteiger partial charge in [-0.15, -0.1) is 0 Å². The fraction of sp³-hybridized carbons (Fsp3) is 1.00. The Bertz CT molecular complexity index is 99.2. The molecule has 1 heteroatoms. The van der Waals surface area contributed by atoms with E-state index in [4.69, 9.17) is 0 Å². The summed E-state index contributed by atoms with van der Waals surface area (Å²) in [5, 5.41) is 3.38. The molecule has 0 aliphatic carbocycles. The van der Waals surface area contributed by atoms with E-state index >= 15 is 0 Å². The van der Waals surface area contributed by atoms with Gasteiger partial charge in [0.15, 0.2) is 0 Å². The van der Waals surface area contributed by atoms with Crippen LogP contribution in [0.4, 0.5) is 0 Å². The average molecular weight is 171 g/mol. The summed E-state index contributed by atoms with van der Waals surface area (Å²) >= 11 is 0. The first-order chi connectivity index (χ1) is 5.61. The minimum atomic E-state index is 0.707. The molecule has 0 amide bonds. The van der Waals surface area contributed by atoms with E-state index in [2.05, 4.69) is 40.1 Å². The molecule has 1 N–H and O–H groups in total. The smallest absolute Gasteiger partial charge is 0.00871 e. The zero-order valence-corrected chi connectivity index (χ0v) is 9.35. The van der Waals surface area contributed by atoms with Crippen molar-refractivity contribution in [2.75, 3.05) is 7.05 Å². The Balaban J connectivity index is 3.58. The highest BCUT2D eigenvalue weighted by Gasteiger charge is 2.11. The third kappa shape index (κ3) is 4.76. The van der Waals surface area contributed by atoms with Crippen LogP contribution in [-0.4, -0.2) is 13.1 Å². The minimum absolute atomic E-state index is 0.707. The lowest BCUT2D eigenvalue weighted by molar-refractivity contribution is 0.360. The van der Waals surface area contributed by atoms with Crippen molar-refractivity contribution in [3.63, 3.8) is 0 Å². The normalized spacial score (nSPS) is 16.5. The second-order valence-corrected chi connectivity index (χ2v) is 4.23. The number of hydrogen-bond acceptors (Lipinski definition) is 1. The van der Waals surface area contributed by atoms with Crippen LogP contribution in [0.3, 0.4) is 0 Å². The standard InChI is InChI=1S/C11H25N/c1-6-10(4)7-8-11(12-5)9(2)3/h9-12H,6-8H2,1-5H3. The number of nitrogens with one attached hydrogen (secondary N) is 1. The molecule has 0 bridgehead atoms. The van der Waals surface area contributed by atoms with E-state index in [1.165, 1.54) is 19.3 Å². The summed E-state index contributed by atoms with van der Waals surface area (Å²) in [6, 6.07) is 0.707. The molecule has 0 aliphatic rings. The third-order valence-corrected chi connectivity index (χ3v) is 2.84. The lowest BCUT2D eigenvalue weighted by atomic mass is 9.94. The van der Waals surface area contributed by atoms with Crippen LogP contribution in [0.15, 0.2) is 0 Å². The summed E-state index contributed by atoms with van der Waals surface area (Å²) in [7, 11) is 2.07. The topological polar surface area (TPSA) is 12.0 Å². The van der Waals surface area contributed by atoms with Crippen molar-refractivity contribution in [1.29, 1.82) is 0 Å². The summed E-state index contributed by atoms with van der Waals surface area (Å²) in [4.78, 5) is 0. The molecule has 0 heterocycles. The van der Waals surface area contributed by atoms with Crippen molar-refractivity contribution >= 4 is 0 Å². The second kappa shape index (κ2) is 6.47. The Hall–Kier alpha value is -0.0400. The highest BCUT2D eigenvalue weighted by molar-refractivity contribution is 4.69. The van der Waals surface area contributed by atoms with Crippen molar-refractivity contribution in [1.82, 2.24) is 5.32 Å². The Morgan fingerprint density at radius 3 is 2.00 bits per heavy atom. The fourth-order valence-electron chi connectivity index (χ4n) is 1.48. The van der Waals surface area contributed by atoms with Gasteiger partial charge in [-0.3, -0.25) is 0 Å². The number of rotatable bonds is 6. The van der Waals surface area contributed by atoms with E-state index in [0.29, 0.717) is 6.04 Å². The Labute approximate surface area is 77.9 Å². The van der Waals surface area contributed by atoms with Crippen molar-refractivity contribution in [3.8, 4) is 0 Å². The molecule has 0 fully saturated rings. The molecule has 2 unspecified atom stereocenters. The first kappa shape index (κ1) is 12.0. The molecule has 0 aromatic heterocycles. The van der Waals surface area contributed by atoms with Gasteiger partial charge in [-0.25, -0.2) is 0 Å². The van der Waals surface area contributed by atoms with Gasteiger partial charge in [0.05, 0.1) is 0 Å². The molecule has 0 aliphatic heterocycles. The van der Waals surface area contributed by atoms with E-state index in [9.17, 15) is 0 Å². The summed E-state index contributed by atoms with van der Waals surface area (Å²) in [5.41, 5.74) is 0. The van der Waals surface area contributed by atoms with E-state index in [-0.39, 0.29) is 0 Å². The van der Waals surface area contributed by atoms with Crippen LogP contribution in [0.5, 0.6) is 0 Å². The van der Waals surface area contributed by atoms with Crippen molar-refractivity contribution in [2.24, 2.45) is 11.8 Å². The predicted octanol–water partition coefficient (Wildman–Crippen LogP) is 3.06. The molecule has 0 spiro atoms. The molecular weight excluding hydrogens is 146 g/mol. The first-order valence-corrected chi connectivity index (χ1v) is 5.29. The first-order valence-electron chi connectivity index (χ1n) is 5.29. The zero-order chi connectivity index (χ0) is 9.56.